The number of benzene rings is 1. The van der Waals surface area contributed by atoms with Gasteiger partial charge in [0.25, 0.3) is 0 Å². The van der Waals surface area contributed by atoms with E-state index < -0.39 is 0 Å². The smallest absolute Gasteiger partial charge is 0.0606 e. The topological polar surface area (TPSA) is 43.7 Å². The van der Waals surface area contributed by atoms with E-state index in [1.807, 2.05) is 17.0 Å². The molecule has 0 aromatic heterocycles. The van der Waals surface area contributed by atoms with Crippen LogP contribution < -0.4 is 4.90 Å². The van der Waals surface area contributed by atoms with Crippen LogP contribution in [-0.2, 0) is 6.16 Å². The minimum atomic E-state index is 0.103. The normalized spacial score (nSPS) is 10.3. The molecular formula is C11H18NO2P. The molecule has 0 heterocycles. The van der Waals surface area contributed by atoms with Crippen molar-refractivity contribution in [3.8, 4) is 0 Å². The van der Waals surface area contributed by atoms with Gasteiger partial charge in [-0.05, 0) is 23.9 Å². The fraction of sp³-hybridized carbons (Fsp3) is 0.455. The quantitative estimate of drug-likeness (QED) is 0.708. The molecule has 0 radical (unpaired) electrons. The third kappa shape index (κ3) is 3.78. The van der Waals surface area contributed by atoms with E-state index in [1.54, 1.807) is 0 Å². The third-order valence-electron chi connectivity index (χ3n) is 2.28. The molecule has 0 amide bonds. The van der Waals surface area contributed by atoms with Crippen molar-refractivity contribution in [2.24, 2.45) is 0 Å². The zero-order chi connectivity index (χ0) is 11.1. The molecule has 2 N–H and O–H groups in total. The first-order valence-electron chi connectivity index (χ1n) is 5.07. The Labute approximate surface area is 92.9 Å². The predicted octanol–water partition coefficient (Wildman–Crippen LogP) is 0.853. The first kappa shape index (κ1) is 12.4. The molecule has 84 valence electrons. The molecule has 1 rings (SSSR count). The summed E-state index contributed by atoms with van der Waals surface area (Å²) in [5.41, 5.74) is 2.30. The van der Waals surface area contributed by atoms with Crippen molar-refractivity contribution < 1.29 is 10.2 Å². The van der Waals surface area contributed by atoms with E-state index in [2.05, 4.69) is 21.4 Å². The lowest BCUT2D eigenvalue weighted by Crippen LogP contribution is -2.29. The second-order valence-electron chi connectivity index (χ2n) is 3.30. The lowest BCUT2D eigenvalue weighted by molar-refractivity contribution is 0.281. The minimum absolute atomic E-state index is 0.103. The molecule has 0 bridgehead atoms. The number of hydrogen-bond donors (Lipinski definition) is 2. The summed E-state index contributed by atoms with van der Waals surface area (Å²) in [7, 11) is 2.68. The second-order valence-corrected chi connectivity index (χ2v) is 3.71. The summed E-state index contributed by atoms with van der Waals surface area (Å²) >= 11 is 0. The zero-order valence-corrected chi connectivity index (χ0v) is 9.92. The first-order valence-corrected chi connectivity index (χ1v) is 5.89. The predicted molar refractivity (Wildman–Crippen MR) is 66.2 cm³/mol. The second kappa shape index (κ2) is 6.78. The van der Waals surface area contributed by atoms with Crippen LogP contribution in [0.4, 0.5) is 5.69 Å². The van der Waals surface area contributed by atoms with Crippen LogP contribution in [0.5, 0.6) is 0 Å². The average molecular weight is 227 g/mol. The largest absolute Gasteiger partial charge is 0.395 e. The maximum atomic E-state index is 8.90. The van der Waals surface area contributed by atoms with Gasteiger partial charge in [-0.2, -0.15) is 0 Å². The Morgan fingerprint density at radius 3 is 1.93 bits per heavy atom. The Bertz CT molecular complexity index is 270. The Morgan fingerprint density at radius 1 is 1.00 bits per heavy atom. The summed E-state index contributed by atoms with van der Waals surface area (Å²) in [6.07, 6.45) is 0.945. The highest BCUT2D eigenvalue weighted by atomic mass is 31.0. The van der Waals surface area contributed by atoms with E-state index in [9.17, 15) is 0 Å². The van der Waals surface area contributed by atoms with Gasteiger partial charge in [0, 0.05) is 18.8 Å². The van der Waals surface area contributed by atoms with Crippen molar-refractivity contribution in [1.29, 1.82) is 0 Å². The molecule has 1 atom stereocenters. The van der Waals surface area contributed by atoms with Gasteiger partial charge < -0.3 is 15.1 Å². The van der Waals surface area contributed by atoms with E-state index in [1.165, 1.54) is 5.56 Å². The molecule has 0 aliphatic rings. The molecule has 0 aliphatic heterocycles. The monoisotopic (exact) mass is 227 g/mol. The number of rotatable bonds is 6. The van der Waals surface area contributed by atoms with Crippen molar-refractivity contribution in [2.75, 3.05) is 31.2 Å². The average Bonchev–Trinajstić information content (AvgIpc) is 2.29. The number of nitrogens with zero attached hydrogens (tertiary/aromatic N) is 1. The maximum Gasteiger partial charge on any atom is 0.0606 e. The van der Waals surface area contributed by atoms with Crippen LogP contribution in [0.2, 0.25) is 0 Å². The van der Waals surface area contributed by atoms with Gasteiger partial charge in [0.15, 0.2) is 0 Å². The molecule has 0 saturated carbocycles. The zero-order valence-electron chi connectivity index (χ0n) is 8.76. The van der Waals surface area contributed by atoms with E-state index in [-0.39, 0.29) is 13.2 Å². The Balaban J connectivity index is 2.72. The van der Waals surface area contributed by atoms with Gasteiger partial charge in [0.2, 0.25) is 0 Å². The molecule has 0 fully saturated rings. The lowest BCUT2D eigenvalue weighted by Gasteiger charge is -2.23. The van der Waals surface area contributed by atoms with Gasteiger partial charge in [-0.3, -0.25) is 0 Å². The Hall–Kier alpha value is -0.630. The summed E-state index contributed by atoms with van der Waals surface area (Å²) in [6, 6.07) is 8.16. The first-order chi connectivity index (χ1) is 7.31. The molecule has 0 aliphatic carbocycles. The SMILES string of the molecule is OCCN(CCO)c1ccc(CP)cc1. The summed E-state index contributed by atoms with van der Waals surface area (Å²) in [6.45, 7) is 1.32. The van der Waals surface area contributed by atoms with Crippen molar-refractivity contribution in [2.45, 2.75) is 6.16 Å². The highest BCUT2D eigenvalue weighted by Gasteiger charge is 2.04. The van der Waals surface area contributed by atoms with Crippen LogP contribution in [0, 0.1) is 0 Å². The molecule has 4 heteroatoms. The Kier molecular flexibility index (Phi) is 5.62. The summed E-state index contributed by atoms with van der Waals surface area (Å²) < 4.78 is 0. The van der Waals surface area contributed by atoms with Crippen molar-refractivity contribution in [3.63, 3.8) is 0 Å². The van der Waals surface area contributed by atoms with Crippen molar-refractivity contribution in [3.05, 3.63) is 29.8 Å². The van der Waals surface area contributed by atoms with Crippen LogP contribution >= 0.6 is 9.24 Å². The highest BCUT2D eigenvalue weighted by molar-refractivity contribution is 7.15. The van der Waals surface area contributed by atoms with Crippen LogP contribution in [0.1, 0.15) is 5.56 Å². The summed E-state index contributed by atoms with van der Waals surface area (Å²) in [5, 5.41) is 17.8. The lowest BCUT2D eigenvalue weighted by atomic mass is 10.2. The number of aliphatic hydroxyl groups is 2. The van der Waals surface area contributed by atoms with E-state index in [0.29, 0.717) is 13.1 Å². The standard InChI is InChI=1S/C11H18NO2P/c13-7-5-12(6-8-14)11-3-1-10(9-15)2-4-11/h1-4,13-14H,5-9,15H2. The molecule has 3 nitrogen and oxygen atoms in total. The van der Waals surface area contributed by atoms with Crippen molar-refractivity contribution in [1.82, 2.24) is 0 Å². The number of aliphatic hydroxyl groups excluding tert-OH is 2. The molecule has 15 heavy (non-hydrogen) atoms. The molecular weight excluding hydrogens is 209 g/mol. The van der Waals surface area contributed by atoms with Gasteiger partial charge in [-0.15, -0.1) is 9.24 Å². The summed E-state index contributed by atoms with van der Waals surface area (Å²) in [4.78, 5) is 1.96. The molecule has 0 saturated heterocycles. The molecule has 1 unspecified atom stereocenters. The fourth-order valence-electron chi connectivity index (χ4n) is 1.45. The van der Waals surface area contributed by atoms with Gasteiger partial charge in [-0.1, -0.05) is 12.1 Å². The molecule has 1 aromatic rings. The number of anilines is 1. The van der Waals surface area contributed by atoms with Gasteiger partial charge >= 0.3 is 0 Å². The molecule has 0 spiro atoms. The van der Waals surface area contributed by atoms with Crippen molar-refractivity contribution >= 4 is 14.9 Å². The van der Waals surface area contributed by atoms with Gasteiger partial charge in [-0.25, -0.2) is 0 Å². The van der Waals surface area contributed by atoms with Crippen LogP contribution in [0.25, 0.3) is 0 Å². The van der Waals surface area contributed by atoms with E-state index in [4.69, 9.17) is 10.2 Å². The van der Waals surface area contributed by atoms with Crippen LogP contribution in [0.3, 0.4) is 0 Å². The van der Waals surface area contributed by atoms with E-state index >= 15 is 0 Å². The minimum Gasteiger partial charge on any atom is -0.395 e. The van der Waals surface area contributed by atoms with E-state index in [0.717, 1.165) is 11.8 Å². The number of hydrogen-bond acceptors (Lipinski definition) is 3. The fourth-order valence-corrected chi connectivity index (χ4v) is 1.73. The maximum absolute atomic E-state index is 8.90. The Morgan fingerprint density at radius 2 is 1.53 bits per heavy atom. The van der Waals surface area contributed by atoms with Gasteiger partial charge in [0.1, 0.15) is 0 Å². The van der Waals surface area contributed by atoms with Crippen LogP contribution in [0.15, 0.2) is 24.3 Å². The molecule has 1 aromatic carbocycles. The van der Waals surface area contributed by atoms with Gasteiger partial charge in [0.05, 0.1) is 13.2 Å². The third-order valence-corrected chi connectivity index (χ3v) is 2.75. The summed E-state index contributed by atoms with van der Waals surface area (Å²) in [5.74, 6) is 0. The van der Waals surface area contributed by atoms with Crippen LogP contribution in [-0.4, -0.2) is 36.5 Å². The highest BCUT2D eigenvalue weighted by Crippen LogP contribution is 2.16.